The monoisotopic (exact) mass is 266 g/mol. The highest BCUT2D eigenvalue weighted by Gasteiger charge is 2.25. The van der Waals surface area contributed by atoms with Gasteiger partial charge in [0.05, 0.1) is 12.3 Å². The van der Waals surface area contributed by atoms with Gasteiger partial charge in [-0.2, -0.15) is 0 Å². The van der Waals surface area contributed by atoms with E-state index in [9.17, 15) is 4.39 Å². The van der Waals surface area contributed by atoms with Gasteiger partial charge in [-0.1, -0.05) is 19.1 Å². The van der Waals surface area contributed by atoms with E-state index in [1.807, 2.05) is 6.07 Å². The van der Waals surface area contributed by atoms with Crippen LogP contribution in [0.2, 0.25) is 0 Å². The predicted molar refractivity (Wildman–Crippen MR) is 76.0 cm³/mol. The summed E-state index contributed by atoms with van der Waals surface area (Å²) < 4.78 is 19.3. The molecular weight excluding hydrogens is 243 g/mol. The normalized spacial score (nSPS) is 19.1. The zero-order valence-corrected chi connectivity index (χ0v) is 11.8. The lowest BCUT2D eigenvalue weighted by Gasteiger charge is -2.23. The van der Waals surface area contributed by atoms with Crippen molar-refractivity contribution in [2.24, 2.45) is 5.92 Å². The number of para-hydroxylation sites is 1. The molecule has 19 heavy (non-hydrogen) atoms. The first-order valence-electron chi connectivity index (χ1n) is 6.98. The third-order valence-corrected chi connectivity index (χ3v) is 3.64. The topological polar surface area (TPSA) is 24.5 Å². The van der Waals surface area contributed by atoms with E-state index in [2.05, 4.69) is 17.1 Å². The molecule has 0 saturated carbocycles. The quantitative estimate of drug-likeness (QED) is 0.855. The molecule has 1 N–H and O–H groups in total. The summed E-state index contributed by atoms with van der Waals surface area (Å²) in [6.07, 6.45) is 1.07. The van der Waals surface area contributed by atoms with Crippen LogP contribution in [0.5, 0.6) is 0 Å². The molecule has 1 saturated heterocycles. The van der Waals surface area contributed by atoms with Crippen LogP contribution in [0.4, 0.5) is 10.1 Å². The molecule has 1 aliphatic rings. The number of halogens is 1. The van der Waals surface area contributed by atoms with Gasteiger partial charge in [0.25, 0.3) is 0 Å². The van der Waals surface area contributed by atoms with E-state index in [4.69, 9.17) is 4.74 Å². The van der Waals surface area contributed by atoms with Crippen molar-refractivity contribution >= 4 is 5.69 Å². The molecule has 1 heterocycles. The van der Waals surface area contributed by atoms with Crippen LogP contribution < -0.4 is 10.2 Å². The Morgan fingerprint density at radius 3 is 3.05 bits per heavy atom. The zero-order valence-electron chi connectivity index (χ0n) is 11.8. The third-order valence-electron chi connectivity index (χ3n) is 3.64. The van der Waals surface area contributed by atoms with Gasteiger partial charge in [-0.05, 0) is 24.6 Å². The molecule has 1 unspecified atom stereocenters. The Morgan fingerprint density at radius 2 is 2.32 bits per heavy atom. The highest BCUT2D eigenvalue weighted by Crippen LogP contribution is 2.29. The van der Waals surface area contributed by atoms with E-state index in [0.717, 1.165) is 50.5 Å². The van der Waals surface area contributed by atoms with Gasteiger partial charge in [0.15, 0.2) is 0 Å². The standard InChI is InChI=1S/C15H23FN2O/c1-3-17-9-13-5-4-6-14(16)15(13)18-8-7-12(10-18)11-19-2/h4-6,12,17H,3,7-11H2,1-2H3. The second kappa shape index (κ2) is 6.87. The van der Waals surface area contributed by atoms with E-state index in [1.54, 1.807) is 19.2 Å². The fourth-order valence-corrected chi connectivity index (χ4v) is 2.72. The van der Waals surface area contributed by atoms with Gasteiger partial charge in [0.1, 0.15) is 5.82 Å². The highest BCUT2D eigenvalue weighted by atomic mass is 19.1. The number of hydrogen-bond donors (Lipinski definition) is 1. The molecule has 0 aromatic heterocycles. The van der Waals surface area contributed by atoms with Crippen molar-refractivity contribution in [1.29, 1.82) is 0 Å². The van der Waals surface area contributed by atoms with Crippen molar-refractivity contribution in [3.63, 3.8) is 0 Å². The number of rotatable bonds is 6. The van der Waals surface area contributed by atoms with Crippen molar-refractivity contribution in [1.82, 2.24) is 5.32 Å². The van der Waals surface area contributed by atoms with Gasteiger partial charge < -0.3 is 15.0 Å². The Hall–Kier alpha value is -1.13. The summed E-state index contributed by atoms with van der Waals surface area (Å²) in [6, 6.07) is 5.34. The first kappa shape index (κ1) is 14.3. The summed E-state index contributed by atoms with van der Waals surface area (Å²) in [4.78, 5) is 2.16. The average Bonchev–Trinajstić information content (AvgIpc) is 2.85. The van der Waals surface area contributed by atoms with Crippen LogP contribution in [0.25, 0.3) is 0 Å². The smallest absolute Gasteiger partial charge is 0.146 e. The Morgan fingerprint density at radius 1 is 1.47 bits per heavy atom. The Labute approximate surface area is 114 Å². The minimum Gasteiger partial charge on any atom is -0.384 e. The van der Waals surface area contributed by atoms with E-state index < -0.39 is 0 Å². The summed E-state index contributed by atoms with van der Waals surface area (Å²) in [7, 11) is 1.72. The van der Waals surface area contributed by atoms with Crippen molar-refractivity contribution in [3.05, 3.63) is 29.6 Å². The molecule has 106 valence electrons. The van der Waals surface area contributed by atoms with Crippen LogP contribution in [0.1, 0.15) is 18.9 Å². The summed E-state index contributed by atoms with van der Waals surface area (Å²) in [5.41, 5.74) is 1.81. The molecule has 2 rings (SSSR count). The molecule has 0 spiro atoms. The van der Waals surface area contributed by atoms with E-state index >= 15 is 0 Å². The lowest BCUT2D eigenvalue weighted by molar-refractivity contribution is 0.161. The van der Waals surface area contributed by atoms with Crippen molar-refractivity contribution < 1.29 is 9.13 Å². The molecule has 1 atom stereocenters. The molecule has 3 nitrogen and oxygen atoms in total. The molecule has 0 bridgehead atoms. The van der Waals surface area contributed by atoms with Crippen LogP contribution in [-0.2, 0) is 11.3 Å². The van der Waals surface area contributed by atoms with Gasteiger partial charge in [-0.3, -0.25) is 0 Å². The van der Waals surface area contributed by atoms with E-state index in [-0.39, 0.29) is 5.82 Å². The lowest BCUT2D eigenvalue weighted by atomic mass is 10.1. The number of hydrogen-bond acceptors (Lipinski definition) is 3. The average molecular weight is 266 g/mol. The third kappa shape index (κ3) is 3.45. The Balaban J connectivity index is 2.14. The largest absolute Gasteiger partial charge is 0.384 e. The minimum absolute atomic E-state index is 0.117. The van der Waals surface area contributed by atoms with Crippen LogP contribution in [0.15, 0.2) is 18.2 Å². The van der Waals surface area contributed by atoms with Gasteiger partial charge in [-0.15, -0.1) is 0 Å². The molecular formula is C15H23FN2O. The SMILES string of the molecule is CCNCc1cccc(F)c1N1CCC(COC)C1. The predicted octanol–water partition coefficient (Wildman–Crippen LogP) is 2.41. The molecule has 1 aliphatic heterocycles. The van der Waals surface area contributed by atoms with Crippen molar-refractivity contribution in [2.45, 2.75) is 19.9 Å². The van der Waals surface area contributed by atoms with E-state index in [0.29, 0.717) is 5.92 Å². The van der Waals surface area contributed by atoms with Crippen LogP contribution in [-0.4, -0.2) is 33.4 Å². The maximum atomic E-state index is 14.1. The fraction of sp³-hybridized carbons (Fsp3) is 0.600. The maximum absolute atomic E-state index is 14.1. The molecule has 0 amide bonds. The number of nitrogens with zero attached hydrogens (tertiary/aromatic N) is 1. The zero-order chi connectivity index (χ0) is 13.7. The van der Waals surface area contributed by atoms with Gasteiger partial charge >= 0.3 is 0 Å². The second-order valence-corrected chi connectivity index (χ2v) is 5.08. The molecule has 0 aliphatic carbocycles. The van der Waals surface area contributed by atoms with E-state index in [1.165, 1.54) is 0 Å². The summed E-state index contributed by atoms with van der Waals surface area (Å²) >= 11 is 0. The molecule has 1 fully saturated rings. The highest BCUT2D eigenvalue weighted by molar-refractivity contribution is 5.55. The molecule has 1 aromatic rings. The minimum atomic E-state index is -0.117. The number of methoxy groups -OCH3 is 1. The number of ether oxygens (including phenoxy) is 1. The van der Waals surface area contributed by atoms with Gasteiger partial charge in [0, 0.05) is 32.7 Å². The number of benzene rings is 1. The molecule has 4 heteroatoms. The van der Waals surface area contributed by atoms with Gasteiger partial charge in [-0.25, -0.2) is 4.39 Å². The van der Waals surface area contributed by atoms with Crippen molar-refractivity contribution in [3.8, 4) is 0 Å². The fourth-order valence-electron chi connectivity index (χ4n) is 2.72. The first-order valence-corrected chi connectivity index (χ1v) is 6.98. The van der Waals surface area contributed by atoms with Crippen LogP contribution in [0, 0.1) is 11.7 Å². The summed E-state index contributed by atoms with van der Waals surface area (Å²) in [5.74, 6) is 0.394. The Bertz CT molecular complexity index is 411. The van der Waals surface area contributed by atoms with Crippen molar-refractivity contribution in [2.75, 3.05) is 38.3 Å². The van der Waals surface area contributed by atoms with Crippen LogP contribution in [0.3, 0.4) is 0 Å². The number of nitrogens with one attached hydrogen (secondary N) is 1. The van der Waals surface area contributed by atoms with Crippen LogP contribution >= 0.6 is 0 Å². The maximum Gasteiger partial charge on any atom is 0.146 e. The second-order valence-electron chi connectivity index (χ2n) is 5.08. The Kier molecular flexibility index (Phi) is 5.16. The molecule has 0 radical (unpaired) electrons. The summed E-state index contributed by atoms with van der Waals surface area (Å²) in [6.45, 7) is 6.22. The van der Waals surface area contributed by atoms with Gasteiger partial charge in [0.2, 0.25) is 0 Å². The molecule has 1 aromatic carbocycles. The summed E-state index contributed by atoms with van der Waals surface area (Å²) in [5, 5.41) is 3.27. The number of anilines is 1. The first-order chi connectivity index (χ1) is 9.26. The lowest BCUT2D eigenvalue weighted by Crippen LogP contribution is -2.25.